The summed E-state index contributed by atoms with van der Waals surface area (Å²) >= 11 is 0. The van der Waals surface area contributed by atoms with Crippen molar-refractivity contribution in [2.45, 2.75) is 89.9 Å². The predicted molar refractivity (Wildman–Crippen MR) is 108 cm³/mol. The first kappa shape index (κ1) is 23.8. The summed E-state index contributed by atoms with van der Waals surface area (Å²) in [5, 5.41) is 7.01. The maximum atomic E-state index is 5.48. The first-order chi connectivity index (χ1) is 11.9. The Labute approximate surface area is 151 Å². The Morgan fingerprint density at radius 2 is 0.583 bits per heavy atom. The fourth-order valence-corrected chi connectivity index (χ4v) is 2.95. The standard InChI is InChI=1S/C20H46N4/c21-15-9-13-19-23-17-11-7-5-3-1-2-4-6-8-12-18-24-20-14-10-16-22/h23-24H,1-22H2. The Bertz CT molecular complexity index is 190. The summed E-state index contributed by atoms with van der Waals surface area (Å²) in [6.45, 7) is 6.30. The first-order valence-corrected chi connectivity index (χ1v) is 10.7. The van der Waals surface area contributed by atoms with E-state index in [1.165, 1.54) is 90.1 Å². The molecule has 0 aromatic carbocycles. The van der Waals surface area contributed by atoms with Gasteiger partial charge in [-0.05, 0) is 77.8 Å². The second kappa shape index (κ2) is 22.8. The van der Waals surface area contributed by atoms with Crippen molar-refractivity contribution in [2.24, 2.45) is 11.5 Å². The molecule has 0 saturated carbocycles. The van der Waals surface area contributed by atoms with Crippen molar-refractivity contribution in [3.05, 3.63) is 0 Å². The molecule has 0 unspecified atom stereocenters. The van der Waals surface area contributed by atoms with E-state index in [-0.39, 0.29) is 0 Å². The number of hydrogen-bond acceptors (Lipinski definition) is 4. The number of rotatable bonds is 21. The summed E-state index contributed by atoms with van der Waals surface area (Å²) in [6, 6.07) is 0. The van der Waals surface area contributed by atoms with Crippen molar-refractivity contribution in [1.82, 2.24) is 10.6 Å². The van der Waals surface area contributed by atoms with E-state index in [9.17, 15) is 0 Å². The number of nitrogens with two attached hydrogens (primary N) is 2. The van der Waals surface area contributed by atoms with Crippen LogP contribution in [0.4, 0.5) is 0 Å². The molecule has 0 fully saturated rings. The molecule has 146 valence electrons. The molecule has 0 radical (unpaired) electrons. The lowest BCUT2D eigenvalue weighted by Crippen LogP contribution is -2.17. The third-order valence-corrected chi connectivity index (χ3v) is 4.57. The normalized spacial score (nSPS) is 11.2. The van der Waals surface area contributed by atoms with Crippen LogP contribution in [0.25, 0.3) is 0 Å². The van der Waals surface area contributed by atoms with Crippen LogP contribution >= 0.6 is 0 Å². The molecule has 0 saturated heterocycles. The molecule has 0 rings (SSSR count). The molecule has 0 heterocycles. The van der Waals surface area contributed by atoms with Gasteiger partial charge in [-0.25, -0.2) is 0 Å². The van der Waals surface area contributed by atoms with Gasteiger partial charge in [0, 0.05) is 0 Å². The highest BCUT2D eigenvalue weighted by molar-refractivity contribution is 4.53. The minimum atomic E-state index is 0.827. The van der Waals surface area contributed by atoms with Crippen LogP contribution < -0.4 is 22.1 Å². The van der Waals surface area contributed by atoms with Crippen LogP contribution in [0.2, 0.25) is 0 Å². The van der Waals surface area contributed by atoms with Gasteiger partial charge in [-0.1, -0.05) is 51.4 Å². The second-order valence-corrected chi connectivity index (χ2v) is 7.03. The van der Waals surface area contributed by atoms with Crippen LogP contribution in [0.3, 0.4) is 0 Å². The Morgan fingerprint density at radius 1 is 0.333 bits per heavy atom. The van der Waals surface area contributed by atoms with E-state index >= 15 is 0 Å². The monoisotopic (exact) mass is 342 g/mol. The molecule has 0 aliphatic carbocycles. The van der Waals surface area contributed by atoms with Crippen LogP contribution in [-0.2, 0) is 0 Å². The highest BCUT2D eigenvalue weighted by atomic mass is 14.8. The van der Waals surface area contributed by atoms with Crippen molar-refractivity contribution >= 4 is 0 Å². The van der Waals surface area contributed by atoms with E-state index in [1.54, 1.807) is 0 Å². The lowest BCUT2D eigenvalue weighted by molar-refractivity contribution is 0.528. The van der Waals surface area contributed by atoms with E-state index in [0.717, 1.165) is 39.0 Å². The van der Waals surface area contributed by atoms with Crippen LogP contribution in [0.1, 0.15) is 89.9 Å². The molecule has 0 aromatic heterocycles. The van der Waals surface area contributed by atoms with Gasteiger partial charge in [-0.2, -0.15) is 0 Å². The van der Waals surface area contributed by atoms with E-state index in [0.29, 0.717) is 0 Å². The van der Waals surface area contributed by atoms with Gasteiger partial charge in [-0.15, -0.1) is 0 Å². The summed E-state index contributed by atoms with van der Waals surface area (Å²) in [5.41, 5.74) is 11.0. The summed E-state index contributed by atoms with van der Waals surface area (Å²) in [6.07, 6.45) is 18.7. The van der Waals surface area contributed by atoms with E-state index in [2.05, 4.69) is 10.6 Å². The first-order valence-electron chi connectivity index (χ1n) is 10.7. The Hall–Kier alpha value is -0.160. The molecule has 0 bridgehead atoms. The van der Waals surface area contributed by atoms with Gasteiger partial charge in [0.05, 0.1) is 0 Å². The van der Waals surface area contributed by atoms with Gasteiger partial charge in [0.1, 0.15) is 0 Å². The molecular weight excluding hydrogens is 296 g/mol. The maximum Gasteiger partial charge on any atom is -0.00484 e. The number of nitrogens with one attached hydrogen (secondary N) is 2. The molecule has 0 aliphatic heterocycles. The van der Waals surface area contributed by atoms with Crippen molar-refractivity contribution < 1.29 is 0 Å². The van der Waals surface area contributed by atoms with Crippen LogP contribution in [0.5, 0.6) is 0 Å². The minimum absolute atomic E-state index is 0.827. The topological polar surface area (TPSA) is 76.1 Å². The van der Waals surface area contributed by atoms with Crippen molar-refractivity contribution in [3.63, 3.8) is 0 Å². The summed E-state index contributed by atoms with van der Waals surface area (Å²) < 4.78 is 0. The zero-order chi connectivity index (χ0) is 17.6. The van der Waals surface area contributed by atoms with Gasteiger partial charge < -0.3 is 22.1 Å². The van der Waals surface area contributed by atoms with Gasteiger partial charge in [0.15, 0.2) is 0 Å². The van der Waals surface area contributed by atoms with Gasteiger partial charge in [0.2, 0.25) is 0 Å². The average molecular weight is 343 g/mol. The smallest absolute Gasteiger partial charge is 0.00484 e. The zero-order valence-electron chi connectivity index (χ0n) is 16.3. The molecule has 0 amide bonds. The molecule has 0 aliphatic rings. The molecular formula is C20H46N4. The van der Waals surface area contributed by atoms with Gasteiger partial charge in [0.25, 0.3) is 0 Å². The highest BCUT2D eigenvalue weighted by Gasteiger charge is 1.94. The predicted octanol–water partition coefficient (Wildman–Crippen LogP) is 3.54. The van der Waals surface area contributed by atoms with Crippen molar-refractivity contribution in [2.75, 3.05) is 39.3 Å². The molecule has 0 aromatic rings. The molecule has 6 N–H and O–H groups in total. The second-order valence-electron chi connectivity index (χ2n) is 7.03. The highest BCUT2D eigenvalue weighted by Crippen LogP contribution is 2.10. The number of unbranched alkanes of at least 4 members (excludes halogenated alkanes) is 11. The Balaban J connectivity index is 2.93. The molecule has 0 spiro atoms. The number of hydrogen-bond donors (Lipinski definition) is 4. The lowest BCUT2D eigenvalue weighted by atomic mass is 10.1. The SMILES string of the molecule is NCCCCNCCCCCCCCCCCCNCCCCN. The average Bonchev–Trinajstić information content (AvgIpc) is 2.60. The van der Waals surface area contributed by atoms with Crippen molar-refractivity contribution in [1.29, 1.82) is 0 Å². The lowest BCUT2D eigenvalue weighted by Gasteiger charge is -2.05. The largest absolute Gasteiger partial charge is 0.330 e. The summed E-state index contributed by atoms with van der Waals surface area (Å²) in [5.74, 6) is 0. The van der Waals surface area contributed by atoms with Crippen molar-refractivity contribution in [3.8, 4) is 0 Å². The fraction of sp³-hybridized carbons (Fsp3) is 1.00. The molecule has 0 atom stereocenters. The zero-order valence-corrected chi connectivity index (χ0v) is 16.3. The third-order valence-electron chi connectivity index (χ3n) is 4.57. The molecule has 4 heteroatoms. The summed E-state index contributed by atoms with van der Waals surface area (Å²) in [4.78, 5) is 0. The van der Waals surface area contributed by atoms with E-state index < -0.39 is 0 Å². The summed E-state index contributed by atoms with van der Waals surface area (Å²) in [7, 11) is 0. The minimum Gasteiger partial charge on any atom is -0.330 e. The van der Waals surface area contributed by atoms with Gasteiger partial charge >= 0.3 is 0 Å². The Kier molecular flexibility index (Phi) is 22.7. The quantitative estimate of drug-likeness (QED) is 0.241. The van der Waals surface area contributed by atoms with Crippen LogP contribution in [0.15, 0.2) is 0 Å². The van der Waals surface area contributed by atoms with Gasteiger partial charge in [-0.3, -0.25) is 0 Å². The van der Waals surface area contributed by atoms with Crippen LogP contribution in [-0.4, -0.2) is 39.3 Å². The van der Waals surface area contributed by atoms with Crippen LogP contribution in [0, 0.1) is 0 Å². The maximum absolute atomic E-state index is 5.48. The van der Waals surface area contributed by atoms with E-state index in [1.807, 2.05) is 0 Å². The third kappa shape index (κ3) is 21.8. The molecule has 4 nitrogen and oxygen atoms in total. The fourth-order valence-electron chi connectivity index (χ4n) is 2.95. The Morgan fingerprint density at radius 3 is 0.875 bits per heavy atom. The van der Waals surface area contributed by atoms with E-state index in [4.69, 9.17) is 11.5 Å². The molecule has 24 heavy (non-hydrogen) atoms.